The van der Waals surface area contributed by atoms with Crippen molar-refractivity contribution in [2.45, 2.75) is 12.3 Å². The van der Waals surface area contributed by atoms with Crippen LogP contribution in [0.1, 0.15) is 23.6 Å². The normalized spacial score (nSPS) is 14.1. The third-order valence-electron chi connectivity index (χ3n) is 14.6. The highest BCUT2D eigenvalue weighted by atomic mass is 16.3. The first-order valence-electron chi connectivity index (χ1n) is 23.9. The SMILES string of the molecule is CC1(c2ccccc2)c2ccccc2-c2ccc(-c3cc(-c4cccc(-c5cc(-c6cccc7c6oc6ccccc67)cc(-c6cccc7c6oc6ccccc67)c5)c4)nc(-c4ccccc4)n3)cc21. The van der Waals surface area contributed by atoms with Crippen molar-refractivity contribution in [3.63, 3.8) is 0 Å². The molecule has 0 fully saturated rings. The van der Waals surface area contributed by atoms with Crippen molar-refractivity contribution >= 4 is 43.9 Å². The van der Waals surface area contributed by atoms with Gasteiger partial charge in [-0.15, -0.1) is 0 Å². The molecule has 0 saturated heterocycles. The molecule has 1 atom stereocenters. The van der Waals surface area contributed by atoms with Crippen molar-refractivity contribution in [1.29, 1.82) is 0 Å². The number of fused-ring (bicyclic) bond motifs is 9. The maximum Gasteiger partial charge on any atom is 0.160 e. The van der Waals surface area contributed by atoms with Crippen molar-refractivity contribution < 1.29 is 8.83 Å². The Balaban J connectivity index is 0.944. The molecule has 0 spiro atoms. The van der Waals surface area contributed by atoms with Crippen LogP contribution in [0.5, 0.6) is 0 Å². The Labute approximate surface area is 404 Å². The number of nitrogens with zero attached hydrogens (tertiary/aromatic N) is 2. The highest BCUT2D eigenvalue weighted by Crippen LogP contribution is 2.53. The third-order valence-corrected chi connectivity index (χ3v) is 14.6. The summed E-state index contributed by atoms with van der Waals surface area (Å²) in [6.45, 7) is 2.36. The molecule has 0 N–H and O–H groups in total. The van der Waals surface area contributed by atoms with Gasteiger partial charge >= 0.3 is 0 Å². The Hall–Kier alpha value is -9.12. The average molecular weight is 895 g/mol. The van der Waals surface area contributed by atoms with Gasteiger partial charge in [-0.1, -0.05) is 188 Å². The van der Waals surface area contributed by atoms with Crippen LogP contribution in [0.4, 0.5) is 0 Å². The van der Waals surface area contributed by atoms with E-state index in [1.54, 1.807) is 0 Å². The fraction of sp³-hybridized carbons (Fsp3) is 0.0303. The Morgan fingerprint density at radius 2 is 0.786 bits per heavy atom. The molecule has 3 heterocycles. The number of rotatable bonds is 7. The Morgan fingerprint density at radius 1 is 0.314 bits per heavy atom. The highest BCUT2D eigenvalue weighted by Gasteiger charge is 2.40. The monoisotopic (exact) mass is 894 g/mol. The van der Waals surface area contributed by atoms with Gasteiger partial charge in [-0.25, -0.2) is 9.97 Å². The minimum atomic E-state index is -0.338. The van der Waals surface area contributed by atoms with Gasteiger partial charge in [0.25, 0.3) is 0 Å². The first-order valence-corrected chi connectivity index (χ1v) is 23.9. The van der Waals surface area contributed by atoms with Crippen LogP contribution in [-0.4, -0.2) is 9.97 Å². The zero-order valence-corrected chi connectivity index (χ0v) is 38.2. The lowest BCUT2D eigenvalue weighted by molar-refractivity contribution is 0.670. The molecule has 14 rings (SSSR count). The molecule has 13 aromatic rings. The minimum Gasteiger partial charge on any atom is -0.455 e. The van der Waals surface area contributed by atoms with Crippen molar-refractivity contribution in [2.24, 2.45) is 0 Å². The lowest BCUT2D eigenvalue weighted by atomic mass is 9.74. The van der Waals surface area contributed by atoms with E-state index in [9.17, 15) is 0 Å². The summed E-state index contributed by atoms with van der Waals surface area (Å²) in [4.78, 5) is 10.6. The standard InChI is InChI=1S/C66H42N2O2/c1-66(48-21-6-3-7-22-48)57-30-11-8-23-51(57)52-34-33-44(39-58(52)66)60-40-59(67-65(68-60)41-17-4-2-5-18-41)43-20-14-19-42(35-43)45-36-46(49-26-15-28-55-53-24-9-12-31-61(53)69-63(49)55)38-47(37-45)50-27-16-29-56-54-25-10-13-32-62(54)70-64(50)56/h2-40H,1H3. The summed E-state index contributed by atoms with van der Waals surface area (Å²) in [5, 5.41) is 4.38. The molecule has 1 aliphatic rings. The van der Waals surface area contributed by atoms with E-state index < -0.39 is 0 Å². The van der Waals surface area contributed by atoms with E-state index >= 15 is 0 Å². The van der Waals surface area contributed by atoms with Gasteiger partial charge in [0.1, 0.15) is 22.3 Å². The summed E-state index contributed by atoms with van der Waals surface area (Å²) in [7, 11) is 0. The van der Waals surface area contributed by atoms with Gasteiger partial charge in [0.05, 0.1) is 11.4 Å². The topological polar surface area (TPSA) is 52.1 Å². The molecule has 328 valence electrons. The molecule has 0 saturated carbocycles. The maximum atomic E-state index is 6.65. The fourth-order valence-electron chi connectivity index (χ4n) is 11.1. The van der Waals surface area contributed by atoms with Crippen LogP contribution in [-0.2, 0) is 5.41 Å². The number of para-hydroxylation sites is 4. The number of furan rings is 2. The van der Waals surface area contributed by atoms with Gasteiger partial charge in [-0.05, 0) is 106 Å². The Bertz CT molecular complexity index is 4070. The van der Waals surface area contributed by atoms with E-state index in [0.717, 1.165) is 105 Å². The molecule has 0 radical (unpaired) electrons. The fourth-order valence-corrected chi connectivity index (χ4v) is 11.1. The second kappa shape index (κ2) is 15.7. The quantitative estimate of drug-likeness (QED) is 0.160. The minimum absolute atomic E-state index is 0.338. The summed E-state index contributed by atoms with van der Waals surface area (Å²) >= 11 is 0. The second-order valence-electron chi connectivity index (χ2n) is 18.6. The van der Waals surface area contributed by atoms with Gasteiger partial charge in [0.15, 0.2) is 5.82 Å². The average Bonchev–Trinajstić information content (AvgIpc) is 4.09. The molecule has 1 unspecified atom stereocenters. The van der Waals surface area contributed by atoms with Crippen LogP contribution < -0.4 is 0 Å². The largest absolute Gasteiger partial charge is 0.455 e. The van der Waals surface area contributed by atoms with E-state index in [-0.39, 0.29) is 5.41 Å². The van der Waals surface area contributed by atoms with Crippen molar-refractivity contribution in [2.75, 3.05) is 0 Å². The number of hydrogen-bond donors (Lipinski definition) is 0. The first-order chi connectivity index (χ1) is 34.5. The summed E-state index contributed by atoms with van der Waals surface area (Å²) in [6, 6.07) is 84.1. The molecule has 0 amide bonds. The molecule has 4 heteroatoms. The van der Waals surface area contributed by atoms with Crippen LogP contribution >= 0.6 is 0 Å². The molecule has 3 aromatic heterocycles. The van der Waals surface area contributed by atoms with Crippen molar-refractivity contribution in [1.82, 2.24) is 9.97 Å². The zero-order valence-electron chi connectivity index (χ0n) is 38.2. The first kappa shape index (κ1) is 40.0. The van der Waals surface area contributed by atoms with Crippen LogP contribution in [0.3, 0.4) is 0 Å². The van der Waals surface area contributed by atoms with Gasteiger partial charge in [0.2, 0.25) is 0 Å². The predicted octanol–water partition coefficient (Wildman–Crippen LogP) is 17.6. The van der Waals surface area contributed by atoms with Gasteiger partial charge in [-0.3, -0.25) is 0 Å². The van der Waals surface area contributed by atoms with Crippen LogP contribution in [0, 0.1) is 0 Å². The maximum absolute atomic E-state index is 6.65. The second-order valence-corrected chi connectivity index (χ2v) is 18.6. The van der Waals surface area contributed by atoms with Crippen molar-refractivity contribution in [3.05, 3.63) is 253 Å². The Kier molecular flexibility index (Phi) is 8.99. The molecule has 70 heavy (non-hydrogen) atoms. The molecular weight excluding hydrogens is 853 g/mol. The number of benzene rings is 10. The molecular formula is C66H42N2O2. The van der Waals surface area contributed by atoms with E-state index in [2.05, 4.69) is 201 Å². The number of hydrogen-bond acceptors (Lipinski definition) is 4. The smallest absolute Gasteiger partial charge is 0.160 e. The Morgan fingerprint density at radius 3 is 1.46 bits per heavy atom. The molecule has 1 aliphatic carbocycles. The van der Waals surface area contributed by atoms with Crippen LogP contribution in [0.15, 0.2) is 245 Å². The van der Waals surface area contributed by atoms with Crippen LogP contribution in [0.25, 0.3) is 122 Å². The summed E-state index contributed by atoms with van der Waals surface area (Å²) in [5.41, 5.74) is 20.5. The van der Waals surface area contributed by atoms with Gasteiger partial charge in [-0.2, -0.15) is 0 Å². The summed E-state index contributed by atoms with van der Waals surface area (Å²) in [6.07, 6.45) is 0. The van der Waals surface area contributed by atoms with Crippen LogP contribution in [0.2, 0.25) is 0 Å². The molecule has 10 aromatic carbocycles. The molecule has 0 bridgehead atoms. The lowest BCUT2D eigenvalue weighted by Crippen LogP contribution is -2.22. The lowest BCUT2D eigenvalue weighted by Gasteiger charge is -2.28. The molecule has 0 aliphatic heterocycles. The summed E-state index contributed by atoms with van der Waals surface area (Å²) < 4.78 is 13.3. The van der Waals surface area contributed by atoms with E-state index in [4.69, 9.17) is 18.8 Å². The van der Waals surface area contributed by atoms with Gasteiger partial charge in [0, 0.05) is 54.8 Å². The van der Waals surface area contributed by atoms with Crippen molar-refractivity contribution in [3.8, 4) is 78.4 Å². The van der Waals surface area contributed by atoms with E-state index in [0.29, 0.717) is 5.82 Å². The molecule has 4 nitrogen and oxygen atoms in total. The highest BCUT2D eigenvalue weighted by molar-refractivity contribution is 6.12. The van der Waals surface area contributed by atoms with Gasteiger partial charge < -0.3 is 8.83 Å². The number of aromatic nitrogens is 2. The van der Waals surface area contributed by atoms with E-state index in [1.165, 1.54) is 27.8 Å². The third kappa shape index (κ3) is 6.30. The zero-order chi connectivity index (χ0) is 46.3. The van der Waals surface area contributed by atoms with E-state index in [1.807, 2.05) is 42.5 Å². The summed E-state index contributed by atoms with van der Waals surface area (Å²) in [5.74, 6) is 0.676. The predicted molar refractivity (Wildman–Crippen MR) is 287 cm³/mol.